The van der Waals surface area contributed by atoms with E-state index in [-0.39, 0.29) is 12.0 Å². The first kappa shape index (κ1) is 15.1. The average Bonchev–Trinajstić information content (AvgIpc) is 3.16. The summed E-state index contributed by atoms with van der Waals surface area (Å²) in [5.41, 5.74) is 3.46. The van der Waals surface area contributed by atoms with Gasteiger partial charge in [0.1, 0.15) is 6.04 Å². The number of nitrogens with zero attached hydrogens (tertiary/aromatic N) is 4. The van der Waals surface area contributed by atoms with Crippen LogP contribution in [0.3, 0.4) is 0 Å². The Kier molecular flexibility index (Phi) is 3.74. The minimum absolute atomic E-state index is 0.173. The molecule has 0 unspecified atom stereocenters. The number of methoxy groups -OCH3 is 1. The van der Waals surface area contributed by atoms with E-state index in [2.05, 4.69) is 26.9 Å². The summed E-state index contributed by atoms with van der Waals surface area (Å²) in [6, 6.07) is 17.1. The Balaban J connectivity index is 1.74. The third kappa shape index (κ3) is 2.76. The van der Waals surface area contributed by atoms with Crippen LogP contribution in [0.25, 0.3) is 5.70 Å². The summed E-state index contributed by atoms with van der Waals surface area (Å²) in [6.45, 7) is 0. The molecule has 0 saturated carbocycles. The van der Waals surface area contributed by atoms with Crippen molar-refractivity contribution in [3.05, 3.63) is 77.4 Å². The van der Waals surface area contributed by atoms with Crippen molar-refractivity contribution in [2.75, 3.05) is 12.4 Å². The van der Waals surface area contributed by atoms with Gasteiger partial charge in [-0.15, -0.1) is 0 Å². The van der Waals surface area contributed by atoms with E-state index < -0.39 is 0 Å². The van der Waals surface area contributed by atoms with Gasteiger partial charge in [0.15, 0.2) is 0 Å². The SMILES string of the molecule is COC(=O)c1ccc([C@H]2C=C(c3ccccc3)Nc3nnnn32)cc1. The summed E-state index contributed by atoms with van der Waals surface area (Å²) in [5, 5.41) is 15.1. The number of carbonyl (C=O) groups excluding carboxylic acids is 1. The molecule has 1 N–H and O–H groups in total. The minimum Gasteiger partial charge on any atom is -0.465 e. The van der Waals surface area contributed by atoms with E-state index in [1.165, 1.54) is 7.11 Å². The zero-order chi connectivity index (χ0) is 17.2. The summed E-state index contributed by atoms with van der Waals surface area (Å²) >= 11 is 0. The topological polar surface area (TPSA) is 81.9 Å². The quantitative estimate of drug-likeness (QED) is 0.742. The van der Waals surface area contributed by atoms with E-state index in [1.54, 1.807) is 16.8 Å². The molecule has 124 valence electrons. The van der Waals surface area contributed by atoms with Gasteiger partial charge in [0.2, 0.25) is 5.95 Å². The maximum absolute atomic E-state index is 11.6. The van der Waals surface area contributed by atoms with E-state index in [1.807, 2.05) is 42.5 Å². The Morgan fingerprint density at radius 2 is 1.88 bits per heavy atom. The Morgan fingerprint density at radius 1 is 1.12 bits per heavy atom. The summed E-state index contributed by atoms with van der Waals surface area (Å²) in [4.78, 5) is 11.6. The predicted octanol–water partition coefficient (Wildman–Crippen LogP) is 2.52. The van der Waals surface area contributed by atoms with Crippen LogP contribution < -0.4 is 5.32 Å². The molecule has 7 heteroatoms. The molecular formula is C18H15N5O2. The lowest BCUT2D eigenvalue weighted by atomic mass is 10.0. The zero-order valence-corrected chi connectivity index (χ0v) is 13.5. The molecule has 25 heavy (non-hydrogen) atoms. The maximum Gasteiger partial charge on any atom is 0.337 e. The molecular weight excluding hydrogens is 318 g/mol. The smallest absolute Gasteiger partial charge is 0.337 e. The van der Waals surface area contributed by atoms with Crippen LogP contribution in [0.5, 0.6) is 0 Å². The van der Waals surface area contributed by atoms with Crippen LogP contribution in [-0.2, 0) is 4.74 Å². The maximum atomic E-state index is 11.6. The molecule has 1 aliphatic heterocycles. The lowest BCUT2D eigenvalue weighted by Gasteiger charge is -2.23. The number of rotatable bonds is 3. The third-order valence-corrected chi connectivity index (χ3v) is 4.09. The summed E-state index contributed by atoms with van der Waals surface area (Å²) in [5.74, 6) is 0.212. The van der Waals surface area contributed by atoms with Gasteiger partial charge in [-0.1, -0.05) is 47.6 Å². The molecule has 0 saturated heterocycles. The molecule has 2 aromatic carbocycles. The van der Waals surface area contributed by atoms with Gasteiger partial charge in [-0.2, -0.15) is 4.68 Å². The Morgan fingerprint density at radius 3 is 2.60 bits per heavy atom. The van der Waals surface area contributed by atoms with Gasteiger partial charge < -0.3 is 10.1 Å². The van der Waals surface area contributed by atoms with Gasteiger partial charge in [-0.3, -0.25) is 0 Å². The summed E-state index contributed by atoms with van der Waals surface area (Å²) in [7, 11) is 1.37. The molecule has 1 aliphatic rings. The van der Waals surface area contributed by atoms with Crippen LogP contribution in [0, 0.1) is 0 Å². The molecule has 3 aromatic rings. The summed E-state index contributed by atoms with van der Waals surface area (Å²) in [6.07, 6.45) is 2.06. The summed E-state index contributed by atoms with van der Waals surface area (Å²) < 4.78 is 6.45. The van der Waals surface area contributed by atoms with Gasteiger partial charge in [0.25, 0.3) is 0 Å². The Bertz CT molecular complexity index is 932. The van der Waals surface area contributed by atoms with Crippen molar-refractivity contribution in [1.29, 1.82) is 0 Å². The number of ether oxygens (including phenoxy) is 1. The monoisotopic (exact) mass is 333 g/mol. The number of hydrogen-bond acceptors (Lipinski definition) is 6. The van der Waals surface area contributed by atoms with Crippen LogP contribution in [0.4, 0.5) is 5.95 Å². The first-order valence-electron chi connectivity index (χ1n) is 7.76. The van der Waals surface area contributed by atoms with Crippen molar-refractivity contribution in [2.45, 2.75) is 6.04 Å². The Hall–Kier alpha value is -3.48. The van der Waals surface area contributed by atoms with Crippen molar-refractivity contribution < 1.29 is 9.53 Å². The zero-order valence-electron chi connectivity index (χ0n) is 13.5. The highest BCUT2D eigenvalue weighted by molar-refractivity contribution is 5.89. The molecule has 1 atom stereocenters. The van der Waals surface area contributed by atoms with E-state index in [4.69, 9.17) is 4.74 Å². The van der Waals surface area contributed by atoms with Gasteiger partial charge in [0, 0.05) is 5.70 Å². The molecule has 1 aromatic heterocycles. The number of nitrogens with one attached hydrogen (secondary N) is 1. The highest BCUT2D eigenvalue weighted by atomic mass is 16.5. The number of carbonyl (C=O) groups is 1. The van der Waals surface area contributed by atoms with E-state index >= 15 is 0 Å². The second-order valence-electron chi connectivity index (χ2n) is 5.58. The number of anilines is 1. The molecule has 2 heterocycles. The number of benzene rings is 2. The van der Waals surface area contributed by atoms with Crippen molar-refractivity contribution in [1.82, 2.24) is 20.2 Å². The first-order valence-corrected chi connectivity index (χ1v) is 7.76. The third-order valence-electron chi connectivity index (χ3n) is 4.09. The number of hydrogen-bond donors (Lipinski definition) is 1. The molecule has 7 nitrogen and oxygen atoms in total. The number of allylic oxidation sites excluding steroid dienone is 1. The average molecular weight is 333 g/mol. The number of fused-ring (bicyclic) bond motifs is 1. The van der Waals surface area contributed by atoms with Crippen molar-refractivity contribution in [2.24, 2.45) is 0 Å². The van der Waals surface area contributed by atoms with Crippen LogP contribution in [0.2, 0.25) is 0 Å². The van der Waals surface area contributed by atoms with Gasteiger partial charge in [-0.25, -0.2) is 4.79 Å². The number of esters is 1. The lowest BCUT2D eigenvalue weighted by molar-refractivity contribution is 0.0600. The van der Waals surface area contributed by atoms with Crippen molar-refractivity contribution >= 4 is 17.6 Å². The second kappa shape index (κ2) is 6.20. The molecule has 4 rings (SSSR count). The lowest BCUT2D eigenvalue weighted by Crippen LogP contribution is -2.20. The molecule has 0 bridgehead atoms. The predicted molar refractivity (Wildman–Crippen MR) is 91.8 cm³/mol. The molecule has 0 aliphatic carbocycles. The standard InChI is InChI=1S/C18H15N5O2/c1-25-17(24)14-9-7-13(8-10-14)16-11-15(12-5-3-2-4-6-12)19-18-20-21-22-23(16)18/h2-11,16H,1H3,(H,19,20,22)/t16-/m1/s1. The number of tetrazole rings is 1. The minimum atomic E-state index is -0.361. The Labute approximate surface area is 143 Å². The largest absolute Gasteiger partial charge is 0.465 e. The van der Waals surface area contributed by atoms with Crippen LogP contribution in [0.1, 0.15) is 27.5 Å². The molecule has 0 spiro atoms. The van der Waals surface area contributed by atoms with Crippen LogP contribution in [0.15, 0.2) is 60.7 Å². The van der Waals surface area contributed by atoms with Gasteiger partial charge >= 0.3 is 5.97 Å². The van der Waals surface area contributed by atoms with E-state index in [9.17, 15) is 4.79 Å². The van der Waals surface area contributed by atoms with Gasteiger partial charge in [0.05, 0.1) is 12.7 Å². The fourth-order valence-electron chi connectivity index (χ4n) is 2.81. The van der Waals surface area contributed by atoms with Crippen LogP contribution in [-0.4, -0.2) is 33.3 Å². The second-order valence-corrected chi connectivity index (χ2v) is 5.58. The fraction of sp³-hybridized carbons (Fsp3) is 0.111. The normalized spacial score (nSPS) is 15.7. The molecule has 0 radical (unpaired) electrons. The van der Waals surface area contributed by atoms with E-state index in [0.29, 0.717) is 11.5 Å². The van der Waals surface area contributed by atoms with Gasteiger partial charge in [-0.05, 0) is 39.8 Å². The molecule has 0 amide bonds. The molecule has 0 fully saturated rings. The highest BCUT2D eigenvalue weighted by Crippen LogP contribution is 2.31. The number of aromatic nitrogens is 4. The highest BCUT2D eigenvalue weighted by Gasteiger charge is 2.24. The van der Waals surface area contributed by atoms with E-state index in [0.717, 1.165) is 16.8 Å². The van der Waals surface area contributed by atoms with Crippen molar-refractivity contribution in [3.63, 3.8) is 0 Å². The van der Waals surface area contributed by atoms with Crippen molar-refractivity contribution in [3.8, 4) is 0 Å². The first-order chi connectivity index (χ1) is 12.3. The van der Waals surface area contributed by atoms with Crippen LogP contribution >= 0.6 is 0 Å². The fourth-order valence-corrected chi connectivity index (χ4v) is 2.81.